The number of hydrogen-bond acceptors (Lipinski definition) is 5. The first-order chi connectivity index (χ1) is 6.69. The fraction of sp³-hybridized carbons (Fsp3) is 0.778. The van der Waals surface area contributed by atoms with Crippen LogP contribution in [0.5, 0.6) is 0 Å². The minimum absolute atomic E-state index is 0.432. The molecule has 0 aliphatic carbocycles. The van der Waals surface area contributed by atoms with Crippen LogP contribution in [0.3, 0.4) is 0 Å². The summed E-state index contributed by atoms with van der Waals surface area (Å²) in [5.74, 6) is -0.864. The fourth-order valence-electron chi connectivity index (χ4n) is 1.43. The fourth-order valence-corrected chi connectivity index (χ4v) is 1.43. The molecule has 1 aliphatic heterocycles. The molecule has 0 aromatic heterocycles. The molecular weight excluding hydrogens is 188 g/mol. The van der Waals surface area contributed by atoms with E-state index in [1.54, 1.807) is 0 Å². The molecule has 0 unspecified atom stereocenters. The van der Waals surface area contributed by atoms with Crippen molar-refractivity contribution < 1.29 is 23.8 Å². The van der Waals surface area contributed by atoms with E-state index in [0.717, 1.165) is 6.42 Å². The maximum Gasteiger partial charge on any atom is 0.335 e. The summed E-state index contributed by atoms with van der Waals surface area (Å²) in [4.78, 5) is 22.2. The van der Waals surface area contributed by atoms with Crippen molar-refractivity contribution in [2.75, 3.05) is 14.2 Å². The van der Waals surface area contributed by atoms with Crippen molar-refractivity contribution in [3.8, 4) is 0 Å². The van der Waals surface area contributed by atoms with Gasteiger partial charge in [0.05, 0.1) is 14.2 Å². The van der Waals surface area contributed by atoms with Gasteiger partial charge < -0.3 is 14.2 Å². The van der Waals surface area contributed by atoms with Gasteiger partial charge >= 0.3 is 11.9 Å². The normalized spacial score (nSPS) is 26.7. The van der Waals surface area contributed by atoms with E-state index in [-0.39, 0.29) is 0 Å². The molecule has 0 spiro atoms. The average Bonchev–Trinajstić information content (AvgIpc) is 2.27. The molecule has 5 nitrogen and oxygen atoms in total. The second-order valence-electron chi connectivity index (χ2n) is 3.09. The number of carbonyl (C=O) groups is 2. The van der Waals surface area contributed by atoms with Crippen LogP contribution in [0, 0.1) is 0 Å². The van der Waals surface area contributed by atoms with Crippen LogP contribution >= 0.6 is 0 Å². The van der Waals surface area contributed by atoms with Gasteiger partial charge in [-0.25, -0.2) is 9.59 Å². The molecular formula is C9H14O5. The Morgan fingerprint density at radius 3 is 1.86 bits per heavy atom. The quantitative estimate of drug-likeness (QED) is 0.601. The van der Waals surface area contributed by atoms with Crippen molar-refractivity contribution in [1.82, 2.24) is 0 Å². The molecule has 80 valence electrons. The molecule has 5 heteroatoms. The Kier molecular flexibility index (Phi) is 3.88. The summed E-state index contributed by atoms with van der Waals surface area (Å²) in [7, 11) is 2.60. The predicted octanol–water partition coefficient (Wildman–Crippen LogP) is 0.270. The van der Waals surface area contributed by atoms with Crippen molar-refractivity contribution in [1.29, 1.82) is 0 Å². The molecule has 1 saturated heterocycles. The summed E-state index contributed by atoms with van der Waals surface area (Å²) in [5, 5.41) is 0. The van der Waals surface area contributed by atoms with Gasteiger partial charge in [-0.05, 0) is 19.3 Å². The first kappa shape index (κ1) is 11.0. The van der Waals surface area contributed by atoms with E-state index in [0.29, 0.717) is 12.8 Å². The lowest BCUT2D eigenvalue weighted by molar-refractivity contribution is -0.174. The van der Waals surface area contributed by atoms with Crippen LogP contribution in [0.1, 0.15) is 19.3 Å². The Morgan fingerprint density at radius 2 is 1.50 bits per heavy atom. The monoisotopic (exact) mass is 202 g/mol. The standard InChI is InChI=1S/C9H14O5/c1-12-8(10)6-4-3-5-7(14-6)9(11)13-2/h6-7H,3-5H2,1-2H3/t6-,7+. The number of hydrogen-bond donors (Lipinski definition) is 0. The summed E-state index contributed by atoms with van der Waals surface area (Å²) >= 11 is 0. The third-order valence-corrected chi connectivity index (χ3v) is 2.19. The number of rotatable bonds is 2. The van der Waals surface area contributed by atoms with Gasteiger partial charge in [-0.15, -0.1) is 0 Å². The van der Waals surface area contributed by atoms with Crippen molar-refractivity contribution in [3.05, 3.63) is 0 Å². The molecule has 0 aromatic carbocycles. The summed E-state index contributed by atoms with van der Waals surface area (Å²) in [6, 6.07) is 0. The zero-order valence-corrected chi connectivity index (χ0v) is 8.32. The molecule has 0 saturated carbocycles. The summed E-state index contributed by atoms with van der Waals surface area (Å²) in [6.07, 6.45) is 0.704. The topological polar surface area (TPSA) is 61.8 Å². The Bertz CT molecular complexity index is 203. The molecule has 0 radical (unpaired) electrons. The second kappa shape index (κ2) is 4.95. The first-order valence-electron chi connectivity index (χ1n) is 4.50. The van der Waals surface area contributed by atoms with Crippen LogP contribution in [-0.4, -0.2) is 38.4 Å². The molecule has 0 bridgehead atoms. The smallest absolute Gasteiger partial charge is 0.335 e. The average molecular weight is 202 g/mol. The number of esters is 2. The molecule has 1 rings (SSSR count). The van der Waals surface area contributed by atoms with Gasteiger partial charge in [0.15, 0.2) is 12.2 Å². The van der Waals surface area contributed by atoms with Crippen molar-refractivity contribution in [2.45, 2.75) is 31.5 Å². The van der Waals surface area contributed by atoms with E-state index >= 15 is 0 Å². The zero-order valence-electron chi connectivity index (χ0n) is 8.32. The lowest BCUT2D eigenvalue weighted by atomic mass is 10.0. The molecule has 2 atom stereocenters. The molecule has 1 fully saturated rings. The highest BCUT2D eigenvalue weighted by molar-refractivity contribution is 5.78. The van der Waals surface area contributed by atoms with Crippen LogP contribution in [0.4, 0.5) is 0 Å². The Morgan fingerprint density at radius 1 is 1.07 bits per heavy atom. The summed E-state index contributed by atoms with van der Waals surface area (Å²) in [6.45, 7) is 0. The van der Waals surface area contributed by atoms with E-state index < -0.39 is 24.1 Å². The molecule has 14 heavy (non-hydrogen) atoms. The van der Waals surface area contributed by atoms with Gasteiger partial charge in [-0.1, -0.05) is 0 Å². The van der Waals surface area contributed by atoms with Crippen molar-refractivity contribution in [3.63, 3.8) is 0 Å². The van der Waals surface area contributed by atoms with E-state index in [9.17, 15) is 9.59 Å². The van der Waals surface area contributed by atoms with Gasteiger partial charge in [-0.3, -0.25) is 0 Å². The predicted molar refractivity (Wildman–Crippen MR) is 46.5 cm³/mol. The maximum absolute atomic E-state index is 11.1. The SMILES string of the molecule is COC(=O)[C@@H]1CCC[C@H](C(=O)OC)O1. The summed E-state index contributed by atoms with van der Waals surface area (Å²) in [5.41, 5.74) is 0. The van der Waals surface area contributed by atoms with E-state index in [2.05, 4.69) is 9.47 Å². The van der Waals surface area contributed by atoms with E-state index in [4.69, 9.17) is 4.74 Å². The Balaban J connectivity index is 2.51. The maximum atomic E-state index is 11.1. The summed E-state index contributed by atoms with van der Waals surface area (Å²) < 4.78 is 14.3. The minimum atomic E-state index is -0.627. The number of ether oxygens (including phenoxy) is 3. The minimum Gasteiger partial charge on any atom is -0.467 e. The van der Waals surface area contributed by atoms with Gasteiger partial charge in [0.25, 0.3) is 0 Å². The Hall–Kier alpha value is -1.10. The van der Waals surface area contributed by atoms with Crippen LogP contribution in [0.25, 0.3) is 0 Å². The molecule has 0 amide bonds. The molecule has 0 N–H and O–H groups in total. The highest BCUT2D eigenvalue weighted by atomic mass is 16.6. The van der Waals surface area contributed by atoms with Gasteiger partial charge in [0, 0.05) is 0 Å². The van der Waals surface area contributed by atoms with Crippen LogP contribution < -0.4 is 0 Å². The van der Waals surface area contributed by atoms with Gasteiger partial charge in [0.1, 0.15) is 0 Å². The lowest BCUT2D eigenvalue weighted by Gasteiger charge is -2.26. The third-order valence-electron chi connectivity index (χ3n) is 2.19. The van der Waals surface area contributed by atoms with E-state index in [1.807, 2.05) is 0 Å². The van der Waals surface area contributed by atoms with Crippen LogP contribution in [0.2, 0.25) is 0 Å². The highest BCUT2D eigenvalue weighted by Gasteiger charge is 2.32. The molecule has 0 aromatic rings. The van der Waals surface area contributed by atoms with Crippen LogP contribution in [0.15, 0.2) is 0 Å². The second-order valence-corrected chi connectivity index (χ2v) is 3.09. The largest absolute Gasteiger partial charge is 0.467 e. The zero-order chi connectivity index (χ0) is 10.6. The van der Waals surface area contributed by atoms with Gasteiger partial charge in [0.2, 0.25) is 0 Å². The van der Waals surface area contributed by atoms with Crippen molar-refractivity contribution in [2.24, 2.45) is 0 Å². The Labute approximate surface area is 82.3 Å². The highest BCUT2D eigenvalue weighted by Crippen LogP contribution is 2.20. The number of methoxy groups -OCH3 is 2. The molecule has 1 heterocycles. The first-order valence-corrected chi connectivity index (χ1v) is 4.50. The number of carbonyl (C=O) groups excluding carboxylic acids is 2. The molecule has 1 aliphatic rings. The van der Waals surface area contributed by atoms with Crippen LogP contribution in [-0.2, 0) is 23.8 Å². The lowest BCUT2D eigenvalue weighted by Crippen LogP contribution is -2.38. The van der Waals surface area contributed by atoms with Gasteiger partial charge in [-0.2, -0.15) is 0 Å². The third kappa shape index (κ3) is 2.45. The van der Waals surface area contributed by atoms with E-state index in [1.165, 1.54) is 14.2 Å². The van der Waals surface area contributed by atoms with Crippen molar-refractivity contribution >= 4 is 11.9 Å².